The summed E-state index contributed by atoms with van der Waals surface area (Å²) < 4.78 is 2.12. The molecule has 0 saturated heterocycles. The quantitative estimate of drug-likeness (QED) is 0.897. The summed E-state index contributed by atoms with van der Waals surface area (Å²) in [4.78, 5) is 6.87. The van der Waals surface area contributed by atoms with Crippen LogP contribution in [0.25, 0.3) is 11.0 Å². The molecule has 1 heterocycles. The van der Waals surface area contributed by atoms with Crippen LogP contribution in [-0.2, 0) is 7.05 Å². The molecule has 2 aromatic rings. The molecule has 1 aromatic heterocycles. The second-order valence-corrected chi connectivity index (χ2v) is 5.45. The second kappa shape index (κ2) is 5.61. The molecule has 2 N–H and O–H groups in total. The van der Waals surface area contributed by atoms with Crippen molar-refractivity contribution in [2.75, 3.05) is 25.0 Å². The molecular weight excluding hydrogens is 236 g/mol. The lowest BCUT2D eigenvalue weighted by molar-refractivity contribution is 0.539. The zero-order valence-corrected chi connectivity index (χ0v) is 12.3. The van der Waals surface area contributed by atoms with Crippen molar-refractivity contribution < 1.29 is 0 Å². The van der Waals surface area contributed by atoms with Gasteiger partial charge in [0.2, 0.25) is 0 Å². The highest BCUT2D eigenvalue weighted by molar-refractivity contribution is 5.80. The van der Waals surface area contributed by atoms with Gasteiger partial charge in [-0.2, -0.15) is 0 Å². The number of anilines is 1. The van der Waals surface area contributed by atoms with Crippen LogP contribution in [0.15, 0.2) is 18.2 Å². The van der Waals surface area contributed by atoms with Crippen LogP contribution in [0.1, 0.15) is 19.2 Å². The van der Waals surface area contributed by atoms with E-state index >= 15 is 0 Å². The molecule has 0 radical (unpaired) electrons. The minimum Gasteiger partial charge on any atom is -0.374 e. The van der Waals surface area contributed by atoms with Crippen LogP contribution in [0.5, 0.6) is 0 Å². The van der Waals surface area contributed by atoms with Crippen LogP contribution >= 0.6 is 0 Å². The standard InChI is InChI=1S/C15H24N4/c1-11(7-8-16)10-18(3)13-5-6-15-14(9-13)17-12(2)19(15)4/h5-6,9,11H,7-8,10,16H2,1-4H3. The van der Waals surface area contributed by atoms with Crippen molar-refractivity contribution >= 4 is 16.7 Å². The smallest absolute Gasteiger partial charge is 0.106 e. The van der Waals surface area contributed by atoms with Gasteiger partial charge in [-0.1, -0.05) is 6.92 Å². The minimum atomic E-state index is 0.608. The summed E-state index contributed by atoms with van der Waals surface area (Å²) in [5, 5.41) is 0. The van der Waals surface area contributed by atoms with Gasteiger partial charge in [-0.05, 0) is 44.0 Å². The average molecular weight is 260 g/mol. The Labute approximate surface area is 115 Å². The second-order valence-electron chi connectivity index (χ2n) is 5.45. The van der Waals surface area contributed by atoms with E-state index in [1.807, 2.05) is 6.92 Å². The van der Waals surface area contributed by atoms with Gasteiger partial charge in [0.05, 0.1) is 11.0 Å². The number of benzene rings is 1. The van der Waals surface area contributed by atoms with E-state index in [9.17, 15) is 0 Å². The summed E-state index contributed by atoms with van der Waals surface area (Å²) in [7, 11) is 4.18. The highest BCUT2D eigenvalue weighted by atomic mass is 15.1. The molecule has 2 rings (SSSR count). The lowest BCUT2D eigenvalue weighted by Gasteiger charge is -2.23. The maximum atomic E-state index is 5.61. The first-order valence-corrected chi connectivity index (χ1v) is 6.87. The molecule has 0 amide bonds. The van der Waals surface area contributed by atoms with Crippen LogP contribution in [-0.4, -0.2) is 29.7 Å². The monoisotopic (exact) mass is 260 g/mol. The van der Waals surface area contributed by atoms with Crippen molar-refractivity contribution in [1.82, 2.24) is 9.55 Å². The maximum Gasteiger partial charge on any atom is 0.106 e. The lowest BCUT2D eigenvalue weighted by Crippen LogP contribution is -2.25. The number of aryl methyl sites for hydroxylation is 2. The van der Waals surface area contributed by atoms with Crippen molar-refractivity contribution in [2.45, 2.75) is 20.3 Å². The zero-order valence-electron chi connectivity index (χ0n) is 12.3. The Hall–Kier alpha value is -1.55. The Morgan fingerprint density at radius 3 is 2.84 bits per heavy atom. The molecule has 19 heavy (non-hydrogen) atoms. The molecule has 4 nitrogen and oxygen atoms in total. The van der Waals surface area contributed by atoms with Crippen molar-refractivity contribution in [1.29, 1.82) is 0 Å². The Bertz CT molecular complexity index is 559. The predicted molar refractivity (Wildman–Crippen MR) is 81.6 cm³/mol. The third-order valence-corrected chi connectivity index (χ3v) is 3.77. The molecule has 0 fully saturated rings. The fourth-order valence-electron chi connectivity index (χ4n) is 2.49. The fraction of sp³-hybridized carbons (Fsp3) is 0.533. The predicted octanol–water partition coefficient (Wildman–Crippen LogP) is 2.30. The molecule has 0 saturated carbocycles. The van der Waals surface area contributed by atoms with Crippen molar-refractivity contribution in [3.05, 3.63) is 24.0 Å². The van der Waals surface area contributed by atoms with E-state index in [1.165, 1.54) is 11.2 Å². The van der Waals surface area contributed by atoms with E-state index < -0.39 is 0 Å². The van der Waals surface area contributed by atoms with Crippen molar-refractivity contribution in [3.8, 4) is 0 Å². The number of hydrogen-bond acceptors (Lipinski definition) is 3. The van der Waals surface area contributed by atoms with Gasteiger partial charge in [-0.15, -0.1) is 0 Å². The van der Waals surface area contributed by atoms with E-state index in [0.29, 0.717) is 5.92 Å². The SMILES string of the molecule is Cc1nc2cc(N(C)CC(C)CCN)ccc2n1C. The Morgan fingerprint density at radius 2 is 2.16 bits per heavy atom. The first-order valence-electron chi connectivity index (χ1n) is 6.87. The number of nitrogens with two attached hydrogens (primary N) is 1. The molecular formula is C15H24N4. The highest BCUT2D eigenvalue weighted by Crippen LogP contribution is 2.22. The van der Waals surface area contributed by atoms with Crippen LogP contribution in [0.2, 0.25) is 0 Å². The normalized spacial score (nSPS) is 12.9. The first kappa shape index (κ1) is 13.9. The first-order chi connectivity index (χ1) is 9.02. The molecule has 1 aromatic carbocycles. The topological polar surface area (TPSA) is 47.1 Å². The molecule has 0 aliphatic heterocycles. The molecule has 1 atom stereocenters. The van der Waals surface area contributed by atoms with E-state index in [2.05, 4.69) is 53.7 Å². The van der Waals surface area contributed by atoms with E-state index in [1.54, 1.807) is 0 Å². The van der Waals surface area contributed by atoms with Crippen molar-refractivity contribution in [3.63, 3.8) is 0 Å². The van der Waals surface area contributed by atoms with Gasteiger partial charge in [-0.3, -0.25) is 0 Å². The Morgan fingerprint density at radius 1 is 1.42 bits per heavy atom. The number of imidazole rings is 1. The molecule has 4 heteroatoms. The van der Waals surface area contributed by atoms with E-state index in [0.717, 1.165) is 30.9 Å². The zero-order chi connectivity index (χ0) is 14.0. The molecule has 0 bridgehead atoms. The van der Waals surface area contributed by atoms with Gasteiger partial charge < -0.3 is 15.2 Å². The van der Waals surface area contributed by atoms with Gasteiger partial charge >= 0.3 is 0 Å². The number of rotatable bonds is 5. The number of aromatic nitrogens is 2. The van der Waals surface area contributed by atoms with Gasteiger partial charge in [-0.25, -0.2) is 4.98 Å². The van der Waals surface area contributed by atoms with E-state index in [4.69, 9.17) is 5.73 Å². The van der Waals surface area contributed by atoms with E-state index in [-0.39, 0.29) is 0 Å². The summed E-state index contributed by atoms with van der Waals surface area (Å²) in [6.07, 6.45) is 1.06. The third kappa shape index (κ3) is 2.89. The van der Waals surface area contributed by atoms with Gasteiger partial charge in [0.15, 0.2) is 0 Å². The van der Waals surface area contributed by atoms with Gasteiger partial charge in [0.25, 0.3) is 0 Å². The number of hydrogen-bond donors (Lipinski definition) is 1. The Balaban J connectivity index is 2.21. The van der Waals surface area contributed by atoms with Crippen LogP contribution in [0.4, 0.5) is 5.69 Å². The molecule has 0 aliphatic rings. The Kier molecular flexibility index (Phi) is 4.10. The summed E-state index contributed by atoms with van der Waals surface area (Å²) in [6.45, 7) is 6.06. The third-order valence-electron chi connectivity index (χ3n) is 3.77. The summed E-state index contributed by atoms with van der Waals surface area (Å²) >= 11 is 0. The van der Waals surface area contributed by atoms with Crippen molar-refractivity contribution in [2.24, 2.45) is 18.7 Å². The molecule has 1 unspecified atom stereocenters. The van der Waals surface area contributed by atoms with Gasteiger partial charge in [0.1, 0.15) is 5.82 Å². The molecule has 0 spiro atoms. The summed E-state index contributed by atoms with van der Waals surface area (Å²) in [5.41, 5.74) is 9.07. The molecule has 104 valence electrons. The largest absolute Gasteiger partial charge is 0.374 e. The van der Waals surface area contributed by atoms with Crippen LogP contribution in [0.3, 0.4) is 0 Å². The fourth-order valence-corrected chi connectivity index (χ4v) is 2.49. The van der Waals surface area contributed by atoms with Crippen LogP contribution < -0.4 is 10.6 Å². The highest BCUT2D eigenvalue weighted by Gasteiger charge is 2.09. The lowest BCUT2D eigenvalue weighted by atomic mass is 10.1. The summed E-state index contributed by atoms with van der Waals surface area (Å²) in [5.74, 6) is 1.66. The minimum absolute atomic E-state index is 0.608. The average Bonchev–Trinajstić information content (AvgIpc) is 2.65. The van der Waals surface area contributed by atoms with Gasteiger partial charge in [0, 0.05) is 26.3 Å². The number of fused-ring (bicyclic) bond motifs is 1. The van der Waals surface area contributed by atoms with Crippen LogP contribution in [0, 0.1) is 12.8 Å². The molecule has 0 aliphatic carbocycles. The summed E-state index contributed by atoms with van der Waals surface area (Å²) in [6, 6.07) is 6.48. The maximum absolute atomic E-state index is 5.61. The number of nitrogens with zero attached hydrogens (tertiary/aromatic N) is 3.